The van der Waals surface area contributed by atoms with Gasteiger partial charge in [0, 0.05) is 50.0 Å². The number of anilines is 2. The molecular weight excluding hydrogens is 576 g/mol. The summed E-state index contributed by atoms with van der Waals surface area (Å²) in [6.07, 6.45) is 3.81. The summed E-state index contributed by atoms with van der Waals surface area (Å²) in [7, 11) is 1.58. The fourth-order valence-electron chi connectivity index (χ4n) is 4.19. The fourth-order valence-corrected chi connectivity index (χ4v) is 4.19. The van der Waals surface area contributed by atoms with Gasteiger partial charge in [0.1, 0.15) is 18.1 Å². The van der Waals surface area contributed by atoms with Crippen molar-refractivity contribution in [1.29, 1.82) is 5.26 Å². The molecule has 0 spiro atoms. The second-order valence-electron chi connectivity index (χ2n) is 11.0. The molecule has 0 aliphatic rings. The number of carbonyl (C=O) groups is 2. The summed E-state index contributed by atoms with van der Waals surface area (Å²) in [4.78, 5) is 30.9. The van der Waals surface area contributed by atoms with Crippen LogP contribution in [0.25, 0.3) is 0 Å². The number of nitrogens with zero attached hydrogens (tertiary/aromatic N) is 3. The van der Waals surface area contributed by atoms with Gasteiger partial charge in [0.2, 0.25) is 0 Å². The molecule has 3 rings (SSSR count). The number of oxazole rings is 1. The van der Waals surface area contributed by atoms with E-state index >= 15 is 0 Å². The summed E-state index contributed by atoms with van der Waals surface area (Å²) in [6, 6.07) is 14.4. The van der Waals surface area contributed by atoms with E-state index < -0.39 is 18.2 Å². The van der Waals surface area contributed by atoms with Crippen molar-refractivity contribution in [3.63, 3.8) is 0 Å². The minimum Gasteiger partial charge on any atom is -0.496 e. The van der Waals surface area contributed by atoms with Crippen LogP contribution in [-0.4, -0.2) is 67.6 Å². The monoisotopic (exact) mass is 622 g/mol. The molecule has 1 atom stereocenters. The molecule has 45 heavy (non-hydrogen) atoms. The Balaban J connectivity index is 0.00000128. The number of benzene rings is 2. The molecule has 0 bridgehead atoms. The number of rotatable bonds is 15. The predicted octanol–water partition coefficient (Wildman–Crippen LogP) is 6.21. The highest BCUT2D eigenvalue weighted by molar-refractivity contribution is 5.99. The predicted molar refractivity (Wildman–Crippen MR) is 173 cm³/mol. The first-order valence-corrected chi connectivity index (χ1v) is 14.9. The van der Waals surface area contributed by atoms with Crippen LogP contribution in [0.3, 0.4) is 0 Å². The topological polar surface area (TPSA) is 151 Å². The number of aromatic nitrogens is 1. The normalized spacial score (nSPS) is 11.3. The Morgan fingerprint density at radius 3 is 2.42 bits per heavy atom. The maximum Gasteiger partial charge on any atom is 0.407 e. The van der Waals surface area contributed by atoms with E-state index in [4.69, 9.17) is 19.5 Å². The number of amides is 3. The van der Waals surface area contributed by atoms with Gasteiger partial charge >= 0.3 is 12.1 Å². The first-order valence-electron chi connectivity index (χ1n) is 14.9. The zero-order chi connectivity index (χ0) is 33.0. The number of ether oxygens (including phenoxy) is 3. The molecule has 1 aromatic heterocycles. The smallest absolute Gasteiger partial charge is 0.407 e. The molecule has 0 saturated carbocycles. The number of nitriles is 1. The molecule has 244 valence electrons. The van der Waals surface area contributed by atoms with Crippen LogP contribution in [0.1, 0.15) is 45.2 Å². The van der Waals surface area contributed by atoms with Crippen LogP contribution in [0.2, 0.25) is 0 Å². The molecule has 1 heterocycles. The van der Waals surface area contributed by atoms with Crippen LogP contribution < -0.4 is 20.7 Å². The molecule has 2 aromatic carbocycles. The molecule has 3 aromatic rings. The third-order valence-electron chi connectivity index (χ3n) is 6.15. The number of carbonyl (C=O) groups excluding carboxylic acids is 2. The van der Waals surface area contributed by atoms with Gasteiger partial charge in [-0.15, -0.1) is 0 Å². The Kier molecular flexibility index (Phi) is 16.6. The van der Waals surface area contributed by atoms with Gasteiger partial charge in [-0.1, -0.05) is 32.0 Å². The maximum atomic E-state index is 12.7. The molecule has 0 radical (unpaired) electrons. The molecule has 0 aliphatic heterocycles. The average molecular weight is 623 g/mol. The summed E-state index contributed by atoms with van der Waals surface area (Å²) in [5.74, 6) is 1.09. The lowest BCUT2D eigenvalue weighted by Gasteiger charge is -2.28. The Bertz CT molecular complexity index is 1310. The largest absolute Gasteiger partial charge is 0.496 e. The number of hydrogen-bond donors (Lipinski definition) is 3. The van der Waals surface area contributed by atoms with Gasteiger partial charge < -0.3 is 34.6 Å². The van der Waals surface area contributed by atoms with Gasteiger partial charge in [0.05, 0.1) is 32.1 Å². The Hall–Kier alpha value is -4.60. The Morgan fingerprint density at radius 1 is 1.07 bits per heavy atom. The van der Waals surface area contributed by atoms with E-state index in [2.05, 4.69) is 50.2 Å². The summed E-state index contributed by atoms with van der Waals surface area (Å²) in [5, 5.41) is 17.4. The molecule has 12 heteroatoms. The molecule has 0 fully saturated rings. The van der Waals surface area contributed by atoms with Crippen LogP contribution >= 0.6 is 0 Å². The first kappa shape index (κ1) is 36.6. The van der Waals surface area contributed by atoms with Crippen LogP contribution in [0, 0.1) is 24.2 Å². The van der Waals surface area contributed by atoms with E-state index in [-0.39, 0.29) is 19.3 Å². The van der Waals surface area contributed by atoms with Crippen molar-refractivity contribution in [2.24, 2.45) is 5.92 Å². The maximum absolute atomic E-state index is 12.7. The van der Waals surface area contributed by atoms with Crippen molar-refractivity contribution in [2.45, 2.75) is 59.8 Å². The second kappa shape index (κ2) is 20.4. The Labute approximate surface area is 266 Å². The van der Waals surface area contributed by atoms with Crippen LogP contribution in [0.4, 0.5) is 21.0 Å². The van der Waals surface area contributed by atoms with Gasteiger partial charge in [-0.05, 0) is 56.0 Å². The fraction of sp³-hybridized carbons (Fsp3) is 0.455. The lowest BCUT2D eigenvalue weighted by atomic mass is 10.2. The number of alkyl carbamates (subject to hydrolysis) is 1. The summed E-state index contributed by atoms with van der Waals surface area (Å²) < 4.78 is 21.2. The van der Waals surface area contributed by atoms with E-state index in [1.54, 1.807) is 43.6 Å². The number of urea groups is 1. The van der Waals surface area contributed by atoms with E-state index in [9.17, 15) is 9.59 Å². The molecule has 0 aliphatic carbocycles. The van der Waals surface area contributed by atoms with E-state index in [1.165, 1.54) is 12.7 Å². The van der Waals surface area contributed by atoms with Crippen molar-refractivity contribution in [2.75, 3.05) is 44.0 Å². The lowest BCUT2D eigenvalue weighted by molar-refractivity contribution is -0.0189. The minimum atomic E-state index is -0.563. The van der Waals surface area contributed by atoms with Crippen molar-refractivity contribution in [3.8, 4) is 11.8 Å². The van der Waals surface area contributed by atoms with Crippen molar-refractivity contribution >= 4 is 23.5 Å². The number of methoxy groups -OCH3 is 1. The van der Waals surface area contributed by atoms with Crippen molar-refractivity contribution in [3.05, 3.63) is 72.4 Å². The van der Waals surface area contributed by atoms with Crippen molar-refractivity contribution < 1.29 is 28.2 Å². The highest BCUT2D eigenvalue weighted by Gasteiger charge is 2.20. The minimum absolute atomic E-state index is 0.00713. The van der Waals surface area contributed by atoms with Gasteiger partial charge in [0.25, 0.3) is 0 Å². The molecule has 3 N–H and O–H groups in total. The summed E-state index contributed by atoms with van der Waals surface area (Å²) in [6.45, 7) is 12.3. The van der Waals surface area contributed by atoms with Gasteiger partial charge in [0.15, 0.2) is 6.39 Å². The zero-order valence-electron chi connectivity index (χ0n) is 27.0. The summed E-state index contributed by atoms with van der Waals surface area (Å²) in [5.41, 5.74) is 2.94. The van der Waals surface area contributed by atoms with Crippen LogP contribution in [-0.2, 0) is 16.0 Å². The number of hydrogen-bond acceptors (Lipinski definition) is 9. The van der Waals surface area contributed by atoms with Gasteiger partial charge in [-0.3, -0.25) is 4.90 Å². The molecule has 3 amide bonds. The SMILES string of the molecule is COc1cc(NC(=O)Nc2cccc(CNC(=O)OC(COC(C)C)CN(CCC#N)CC(C)C)c2)ccc1C.c1cocn1. The van der Waals surface area contributed by atoms with E-state index in [0.717, 1.165) is 17.7 Å². The summed E-state index contributed by atoms with van der Waals surface area (Å²) >= 11 is 0. The second-order valence-corrected chi connectivity index (χ2v) is 11.0. The quantitative estimate of drug-likeness (QED) is 0.180. The highest BCUT2D eigenvalue weighted by Crippen LogP contribution is 2.22. The highest BCUT2D eigenvalue weighted by atomic mass is 16.6. The van der Waals surface area contributed by atoms with E-state index in [1.807, 2.05) is 32.9 Å². The van der Waals surface area contributed by atoms with Crippen LogP contribution in [0.5, 0.6) is 5.75 Å². The average Bonchev–Trinajstić information content (AvgIpc) is 3.59. The lowest BCUT2D eigenvalue weighted by Crippen LogP contribution is -2.42. The molecule has 0 saturated heterocycles. The standard InChI is InChI=1S/C30H43N5O5.C3H3NO/c1-21(2)18-35(14-8-13-31)19-27(20-39-22(3)4)40-30(37)32-17-24-9-7-10-25(15-24)33-29(36)34-26-12-11-23(5)28(16-26)38-6;1-2-5-3-4-1/h7,9-12,15-16,21-22,27H,8,14,17-20H2,1-6H3,(H,32,37)(H2,33,34,36);1-3H. The van der Waals surface area contributed by atoms with E-state index in [0.29, 0.717) is 42.6 Å². The molecular formula is C33H46N6O6. The molecule has 12 nitrogen and oxygen atoms in total. The zero-order valence-corrected chi connectivity index (χ0v) is 27.0. The van der Waals surface area contributed by atoms with Gasteiger partial charge in [-0.2, -0.15) is 5.26 Å². The number of nitrogens with one attached hydrogen (secondary N) is 3. The first-order chi connectivity index (χ1) is 21.6. The third-order valence-corrected chi connectivity index (χ3v) is 6.15. The third kappa shape index (κ3) is 15.6. The molecule has 1 unspecified atom stereocenters. The number of aryl methyl sites for hydroxylation is 1. The Morgan fingerprint density at radius 2 is 1.82 bits per heavy atom. The van der Waals surface area contributed by atoms with Gasteiger partial charge in [-0.25, -0.2) is 14.6 Å². The van der Waals surface area contributed by atoms with Crippen molar-refractivity contribution in [1.82, 2.24) is 15.2 Å². The van der Waals surface area contributed by atoms with Crippen LogP contribution in [0.15, 0.2) is 65.7 Å².